The molecule has 4 nitrogen and oxygen atoms in total. The molecule has 1 atom stereocenters. The molecule has 1 aromatic rings. The van der Waals surface area contributed by atoms with E-state index in [1.54, 1.807) is 14.0 Å². The Morgan fingerprint density at radius 3 is 2.57 bits per heavy atom. The zero-order valence-corrected chi connectivity index (χ0v) is 13.6. The highest BCUT2D eigenvalue weighted by molar-refractivity contribution is 5.86. The Morgan fingerprint density at radius 1 is 1.26 bits per heavy atom. The second-order valence-electron chi connectivity index (χ2n) is 5.34. The van der Waals surface area contributed by atoms with E-state index < -0.39 is 11.8 Å². The number of esters is 1. The number of hydrogen-bond acceptors (Lipinski definition) is 4. The molecular formula is C19H22O4. The molecule has 0 radical (unpaired) electrons. The number of carbonyl (C=O) groups is 1. The third-order valence-electron chi connectivity index (χ3n) is 3.59. The van der Waals surface area contributed by atoms with Gasteiger partial charge in [-0.1, -0.05) is 49.1 Å². The normalized spacial score (nSPS) is 20.0. The van der Waals surface area contributed by atoms with Gasteiger partial charge in [-0.2, -0.15) is 0 Å². The molecule has 4 heteroatoms. The maximum absolute atomic E-state index is 11.3. The van der Waals surface area contributed by atoms with Gasteiger partial charge in [0, 0.05) is 19.1 Å². The number of carbonyl (C=O) groups excluding carboxylic acids is 1. The first kappa shape index (κ1) is 17.2. The van der Waals surface area contributed by atoms with Crippen molar-refractivity contribution in [1.29, 1.82) is 0 Å². The Morgan fingerprint density at radius 2 is 2.00 bits per heavy atom. The van der Waals surface area contributed by atoms with Gasteiger partial charge in [0.15, 0.2) is 5.79 Å². The van der Waals surface area contributed by atoms with E-state index in [-0.39, 0.29) is 13.2 Å². The van der Waals surface area contributed by atoms with E-state index >= 15 is 0 Å². The highest BCUT2D eigenvalue weighted by atomic mass is 16.7. The van der Waals surface area contributed by atoms with Crippen LogP contribution in [0.25, 0.3) is 5.57 Å². The zero-order chi connectivity index (χ0) is 16.7. The van der Waals surface area contributed by atoms with Gasteiger partial charge in [0.25, 0.3) is 0 Å². The number of methoxy groups -OCH3 is 1. The largest absolute Gasteiger partial charge is 0.460 e. The molecule has 122 valence electrons. The molecule has 1 aromatic carbocycles. The van der Waals surface area contributed by atoms with Crippen LogP contribution in [0.15, 0.2) is 60.7 Å². The summed E-state index contributed by atoms with van der Waals surface area (Å²) in [6.07, 6.45) is 6.57. The summed E-state index contributed by atoms with van der Waals surface area (Å²) in [5.41, 5.74) is 2.67. The van der Waals surface area contributed by atoms with E-state index in [1.807, 2.05) is 30.4 Å². The fourth-order valence-corrected chi connectivity index (χ4v) is 2.24. The van der Waals surface area contributed by atoms with Gasteiger partial charge in [-0.05, 0) is 24.1 Å². The van der Waals surface area contributed by atoms with Gasteiger partial charge in [-0.3, -0.25) is 0 Å². The van der Waals surface area contributed by atoms with Crippen molar-refractivity contribution < 1.29 is 19.0 Å². The molecule has 0 fully saturated rings. The second-order valence-corrected chi connectivity index (χ2v) is 5.34. The lowest BCUT2D eigenvalue weighted by molar-refractivity contribution is -0.193. The van der Waals surface area contributed by atoms with Crippen LogP contribution in [0.3, 0.4) is 0 Å². The van der Waals surface area contributed by atoms with Crippen molar-refractivity contribution >= 4 is 11.5 Å². The molecule has 0 amide bonds. The molecule has 0 bridgehead atoms. The monoisotopic (exact) mass is 314 g/mol. The average molecular weight is 314 g/mol. The predicted octanol–water partition coefficient (Wildman–Crippen LogP) is 3.51. The fraction of sp³-hybridized carbons (Fsp3) is 0.316. The third kappa shape index (κ3) is 4.65. The summed E-state index contributed by atoms with van der Waals surface area (Å²) < 4.78 is 16.3. The van der Waals surface area contributed by atoms with Crippen molar-refractivity contribution in [2.45, 2.75) is 19.1 Å². The highest BCUT2D eigenvalue weighted by Crippen LogP contribution is 2.29. The molecule has 0 saturated heterocycles. The van der Waals surface area contributed by atoms with Crippen LogP contribution in [0, 0.1) is 0 Å². The standard InChI is InChI=1S/C19H22O4/c1-15(2)18(20)22-13-14-23-19(21-3)11-9-17(10-12-19)16-7-5-4-6-8-16/h4-11H,1,12-14H2,2-3H3. The Kier molecular flexibility index (Phi) is 5.90. The van der Waals surface area contributed by atoms with E-state index in [0.29, 0.717) is 12.0 Å². The summed E-state index contributed by atoms with van der Waals surface area (Å²) >= 11 is 0. The maximum Gasteiger partial charge on any atom is 0.333 e. The van der Waals surface area contributed by atoms with Crippen molar-refractivity contribution in [2.24, 2.45) is 0 Å². The smallest absolute Gasteiger partial charge is 0.333 e. The van der Waals surface area contributed by atoms with Crippen molar-refractivity contribution in [3.05, 3.63) is 66.3 Å². The average Bonchev–Trinajstić information content (AvgIpc) is 2.59. The summed E-state index contributed by atoms with van der Waals surface area (Å²) in [7, 11) is 1.60. The van der Waals surface area contributed by atoms with Crippen molar-refractivity contribution in [3.8, 4) is 0 Å². The van der Waals surface area contributed by atoms with Gasteiger partial charge in [0.1, 0.15) is 6.61 Å². The molecule has 1 aliphatic rings. The van der Waals surface area contributed by atoms with Gasteiger partial charge in [0.2, 0.25) is 0 Å². The second kappa shape index (κ2) is 7.90. The summed E-state index contributed by atoms with van der Waals surface area (Å²) in [4.78, 5) is 11.3. The number of rotatable bonds is 7. The van der Waals surface area contributed by atoms with Crippen LogP contribution in [0.5, 0.6) is 0 Å². The molecule has 0 aromatic heterocycles. The molecule has 1 aliphatic carbocycles. The van der Waals surface area contributed by atoms with Crippen LogP contribution in [0.4, 0.5) is 0 Å². The summed E-state index contributed by atoms with van der Waals surface area (Å²) in [5.74, 6) is -1.22. The topological polar surface area (TPSA) is 44.8 Å². The lowest BCUT2D eigenvalue weighted by Gasteiger charge is -2.31. The van der Waals surface area contributed by atoms with E-state index in [4.69, 9.17) is 14.2 Å². The first-order valence-electron chi connectivity index (χ1n) is 7.53. The lowest BCUT2D eigenvalue weighted by Crippen LogP contribution is -2.34. The first-order chi connectivity index (χ1) is 11.1. The molecule has 0 aliphatic heterocycles. The molecule has 0 heterocycles. The fourth-order valence-electron chi connectivity index (χ4n) is 2.24. The third-order valence-corrected chi connectivity index (χ3v) is 3.59. The zero-order valence-electron chi connectivity index (χ0n) is 13.6. The van der Waals surface area contributed by atoms with Crippen molar-refractivity contribution in [2.75, 3.05) is 20.3 Å². The minimum Gasteiger partial charge on any atom is -0.460 e. The predicted molar refractivity (Wildman–Crippen MR) is 89.6 cm³/mol. The molecule has 0 spiro atoms. The van der Waals surface area contributed by atoms with Gasteiger partial charge >= 0.3 is 5.97 Å². The molecular weight excluding hydrogens is 292 g/mol. The number of hydrogen-bond donors (Lipinski definition) is 0. The van der Waals surface area contributed by atoms with Gasteiger partial charge in [-0.15, -0.1) is 0 Å². The molecule has 23 heavy (non-hydrogen) atoms. The van der Waals surface area contributed by atoms with Crippen LogP contribution in [-0.4, -0.2) is 32.1 Å². The van der Waals surface area contributed by atoms with Gasteiger partial charge < -0.3 is 14.2 Å². The number of allylic oxidation sites excluding steroid dienone is 2. The molecule has 0 saturated carbocycles. The molecule has 0 N–H and O–H groups in total. The van der Waals surface area contributed by atoms with Gasteiger partial charge in [-0.25, -0.2) is 4.79 Å². The Labute approximate surface area is 137 Å². The van der Waals surface area contributed by atoms with E-state index in [0.717, 1.165) is 11.1 Å². The Balaban J connectivity index is 1.89. The van der Waals surface area contributed by atoms with Gasteiger partial charge in [0.05, 0.1) is 6.61 Å². The quantitative estimate of drug-likeness (QED) is 0.334. The molecule has 1 unspecified atom stereocenters. The van der Waals surface area contributed by atoms with Crippen LogP contribution in [-0.2, 0) is 19.0 Å². The summed E-state index contributed by atoms with van der Waals surface area (Å²) in [6.45, 7) is 5.56. The SMILES string of the molecule is C=C(C)C(=O)OCCOC1(OC)C=CC(c2ccccc2)=CC1. The van der Waals surface area contributed by atoms with Crippen LogP contribution >= 0.6 is 0 Å². The van der Waals surface area contributed by atoms with E-state index in [2.05, 4.69) is 24.8 Å². The van der Waals surface area contributed by atoms with Crippen molar-refractivity contribution in [1.82, 2.24) is 0 Å². The summed E-state index contributed by atoms with van der Waals surface area (Å²) in [6, 6.07) is 10.1. The van der Waals surface area contributed by atoms with E-state index in [9.17, 15) is 4.79 Å². The highest BCUT2D eigenvalue weighted by Gasteiger charge is 2.29. The Bertz CT molecular complexity index is 616. The van der Waals surface area contributed by atoms with Crippen LogP contribution in [0.2, 0.25) is 0 Å². The molecule has 2 rings (SSSR count). The first-order valence-corrected chi connectivity index (χ1v) is 7.53. The van der Waals surface area contributed by atoms with E-state index in [1.165, 1.54) is 0 Å². The minimum absolute atomic E-state index is 0.167. The summed E-state index contributed by atoms with van der Waals surface area (Å²) in [5, 5.41) is 0. The number of benzene rings is 1. The Hall–Kier alpha value is -2.17. The van der Waals surface area contributed by atoms with Crippen molar-refractivity contribution in [3.63, 3.8) is 0 Å². The van der Waals surface area contributed by atoms with Crippen LogP contribution < -0.4 is 0 Å². The number of ether oxygens (including phenoxy) is 3. The van der Waals surface area contributed by atoms with Crippen LogP contribution in [0.1, 0.15) is 18.9 Å². The maximum atomic E-state index is 11.3. The minimum atomic E-state index is -0.812. The lowest BCUT2D eigenvalue weighted by atomic mass is 9.96.